The van der Waals surface area contributed by atoms with E-state index in [1.54, 1.807) is 11.0 Å². The van der Waals surface area contributed by atoms with Crippen LogP contribution in [-0.4, -0.2) is 41.6 Å². The molecule has 0 spiro atoms. The lowest BCUT2D eigenvalue weighted by molar-refractivity contribution is 0.00578. The van der Waals surface area contributed by atoms with Crippen molar-refractivity contribution < 1.29 is 18.8 Å². The number of hydrogen-bond acceptors (Lipinski definition) is 4. The van der Waals surface area contributed by atoms with Crippen LogP contribution in [0.3, 0.4) is 0 Å². The van der Waals surface area contributed by atoms with Crippen LogP contribution >= 0.6 is 0 Å². The Hall–Kier alpha value is -1.01. The van der Waals surface area contributed by atoms with Crippen LogP contribution in [0.15, 0.2) is 12.7 Å². The number of carbonyl (C=O) groups is 1. The molecule has 0 aliphatic carbocycles. The first-order chi connectivity index (χ1) is 8.90. The third-order valence-corrected chi connectivity index (χ3v) is 3.77. The molecule has 1 rings (SSSR count). The first-order valence-electron chi connectivity index (χ1n) is 6.85. The predicted octanol–water partition coefficient (Wildman–Crippen LogP) is 3.00. The molecule has 1 saturated heterocycles. The monoisotopic (exact) mass is 283 g/mol. The standard InChI is InChI=1S/C14H26BNO4/c1-9-10-16(12(2,3)4)11(17)18-15-19-13(5,6)14(7,8)20-15/h9H,1,10H2,2-8H3. The molecule has 0 radical (unpaired) electrons. The largest absolute Gasteiger partial charge is 0.717 e. The van der Waals surface area contributed by atoms with E-state index in [-0.39, 0.29) is 5.54 Å². The average molecular weight is 283 g/mol. The van der Waals surface area contributed by atoms with E-state index >= 15 is 0 Å². The van der Waals surface area contributed by atoms with Crippen LogP contribution in [0.1, 0.15) is 48.5 Å². The van der Waals surface area contributed by atoms with Crippen molar-refractivity contribution in [2.45, 2.75) is 65.2 Å². The van der Waals surface area contributed by atoms with Crippen LogP contribution < -0.4 is 0 Å². The summed E-state index contributed by atoms with van der Waals surface area (Å²) in [7, 11) is -0.984. The molecular weight excluding hydrogens is 257 g/mol. The molecule has 114 valence electrons. The lowest BCUT2D eigenvalue weighted by Crippen LogP contribution is -2.48. The molecule has 1 fully saturated rings. The van der Waals surface area contributed by atoms with Crippen molar-refractivity contribution in [2.75, 3.05) is 6.54 Å². The van der Waals surface area contributed by atoms with Crippen molar-refractivity contribution in [3.8, 4) is 0 Å². The SMILES string of the molecule is C=CCN(C(=O)OB1OC(C)(C)C(C)(C)O1)C(C)(C)C. The summed E-state index contributed by atoms with van der Waals surface area (Å²) in [6, 6.07) is 0. The zero-order chi connectivity index (χ0) is 15.8. The smallest absolute Gasteiger partial charge is 0.468 e. The number of nitrogens with zero attached hydrogens (tertiary/aromatic N) is 1. The van der Waals surface area contributed by atoms with Gasteiger partial charge in [-0.1, -0.05) is 6.08 Å². The second-order valence-electron chi connectivity index (χ2n) is 7.00. The van der Waals surface area contributed by atoms with Crippen LogP contribution in [-0.2, 0) is 14.0 Å². The molecule has 0 N–H and O–H groups in total. The Bertz CT molecular complexity index is 371. The normalized spacial score (nSPS) is 20.6. The molecule has 20 heavy (non-hydrogen) atoms. The van der Waals surface area contributed by atoms with Gasteiger partial charge in [0, 0.05) is 12.1 Å². The van der Waals surface area contributed by atoms with Gasteiger partial charge < -0.3 is 18.9 Å². The van der Waals surface area contributed by atoms with Gasteiger partial charge in [0.2, 0.25) is 0 Å². The Morgan fingerprint density at radius 1 is 1.25 bits per heavy atom. The zero-order valence-corrected chi connectivity index (χ0v) is 13.6. The highest BCUT2D eigenvalue weighted by atomic mass is 16.8. The van der Waals surface area contributed by atoms with Crippen molar-refractivity contribution in [1.82, 2.24) is 4.90 Å². The Balaban J connectivity index is 2.74. The lowest BCUT2D eigenvalue weighted by Gasteiger charge is -2.34. The summed E-state index contributed by atoms with van der Waals surface area (Å²) in [6.45, 7) is 17.5. The zero-order valence-electron chi connectivity index (χ0n) is 13.6. The summed E-state index contributed by atoms with van der Waals surface area (Å²) in [4.78, 5) is 13.8. The van der Waals surface area contributed by atoms with E-state index in [4.69, 9.17) is 14.0 Å². The van der Waals surface area contributed by atoms with Crippen LogP contribution in [0, 0.1) is 0 Å². The Kier molecular flexibility index (Phi) is 4.61. The van der Waals surface area contributed by atoms with E-state index in [0.717, 1.165) is 0 Å². The minimum absolute atomic E-state index is 0.366. The molecule has 0 unspecified atom stereocenters. The van der Waals surface area contributed by atoms with Crippen molar-refractivity contribution in [2.24, 2.45) is 0 Å². The molecule has 0 saturated carbocycles. The highest BCUT2D eigenvalue weighted by Gasteiger charge is 2.55. The van der Waals surface area contributed by atoms with Gasteiger partial charge in [-0.3, -0.25) is 0 Å². The highest BCUT2D eigenvalue weighted by Crippen LogP contribution is 2.37. The van der Waals surface area contributed by atoms with Gasteiger partial charge in [0.15, 0.2) is 0 Å². The number of rotatable bonds is 3. The molecule has 0 aromatic carbocycles. The summed E-state index contributed by atoms with van der Waals surface area (Å²) in [5.41, 5.74) is -1.42. The fourth-order valence-electron chi connectivity index (χ4n) is 1.73. The molecule has 1 amide bonds. The Labute approximate surface area is 122 Å². The number of carbonyl (C=O) groups excluding carboxylic acids is 1. The van der Waals surface area contributed by atoms with Crippen LogP contribution in [0.25, 0.3) is 0 Å². The molecular formula is C14H26BNO4. The molecule has 1 aliphatic heterocycles. The molecule has 1 heterocycles. The van der Waals surface area contributed by atoms with E-state index in [0.29, 0.717) is 6.54 Å². The second-order valence-corrected chi connectivity index (χ2v) is 7.00. The van der Waals surface area contributed by atoms with Crippen LogP contribution in [0.2, 0.25) is 0 Å². The van der Waals surface area contributed by atoms with Gasteiger partial charge in [0.25, 0.3) is 0 Å². The molecule has 0 aromatic rings. The molecule has 6 heteroatoms. The van der Waals surface area contributed by atoms with Crippen molar-refractivity contribution in [3.05, 3.63) is 12.7 Å². The minimum atomic E-state index is -0.984. The molecule has 5 nitrogen and oxygen atoms in total. The molecule has 0 bridgehead atoms. The Morgan fingerprint density at radius 2 is 1.70 bits per heavy atom. The topological polar surface area (TPSA) is 48.0 Å². The quantitative estimate of drug-likeness (QED) is 0.590. The molecule has 0 aromatic heterocycles. The maximum Gasteiger partial charge on any atom is 0.717 e. The summed E-state index contributed by atoms with van der Waals surface area (Å²) in [5.74, 6) is 0. The third kappa shape index (κ3) is 3.55. The van der Waals surface area contributed by atoms with E-state index in [9.17, 15) is 4.79 Å². The van der Waals surface area contributed by atoms with E-state index < -0.39 is 24.6 Å². The molecule has 1 aliphatic rings. The van der Waals surface area contributed by atoms with Crippen LogP contribution in [0.5, 0.6) is 0 Å². The first kappa shape index (κ1) is 17.0. The van der Waals surface area contributed by atoms with E-state index in [1.165, 1.54) is 0 Å². The van der Waals surface area contributed by atoms with E-state index in [1.807, 2.05) is 48.5 Å². The fourth-order valence-corrected chi connectivity index (χ4v) is 1.73. The first-order valence-corrected chi connectivity index (χ1v) is 6.85. The predicted molar refractivity (Wildman–Crippen MR) is 79.2 cm³/mol. The summed E-state index contributed by atoms with van der Waals surface area (Å²) in [6.07, 6.45) is 1.19. The van der Waals surface area contributed by atoms with Gasteiger partial charge in [-0.2, -0.15) is 0 Å². The lowest BCUT2D eigenvalue weighted by atomic mass is 9.90. The number of hydrogen-bond donors (Lipinski definition) is 0. The summed E-state index contributed by atoms with van der Waals surface area (Å²) in [5, 5.41) is 0. The van der Waals surface area contributed by atoms with Gasteiger partial charge in [-0.15, -0.1) is 6.58 Å². The highest BCUT2D eigenvalue weighted by molar-refractivity contribution is 6.40. The fraction of sp³-hybridized carbons (Fsp3) is 0.786. The van der Waals surface area contributed by atoms with Crippen molar-refractivity contribution in [1.29, 1.82) is 0 Å². The number of amides is 1. The van der Waals surface area contributed by atoms with E-state index in [2.05, 4.69) is 6.58 Å². The van der Waals surface area contributed by atoms with Crippen molar-refractivity contribution >= 4 is 13.4 Å². The van der Waals surface area contributed by atoms with Crippen LogP contribution in [0.4, 0.5) is 4.79 Å². The Morgan fingerprint density at radius 3 is 2.05 bits per heavy atom. The summed E-state index contributed by atoms with van der Waals surface area (Å²) < 4.78 is 16.6. The third-order valence-electron chi connectivity index (χ3n) is 3.77. The molecule has 0 atom stereocenters. The van der Waals surface area contributed by atoms with Gasteiger partial charge in [-0.25, -0.2) is 4.79 Å². The maximum absolute atomic E-state index is 12.3. The van der Waals surface area contributed by atoms with Gasteiger partial charge in [-0.05, 0) is 48.5 Å². The van der Waals surface area contributed by atoms with Gasteiger partial charge in [0.1, 0.15) is 0 Å². The van der Waals surface area contributed by atoms with Crippen molar-refractivity contribution in [3.63, 3.8) is 0 Å². The maximum atomic E-state index is 12.3. The van der Waals surface area contributed by atoms with Gasteiger partial charge >= 0.3 is 13.4 Å². The second kappa shape index (κ2) is 5.41. The van der Waals surface area contributed by atoms with Gasteiger partial charge in [0.05, 0.1) is 11.2 Å². The average Bonchev–Trinajstić information content (AvgIpc) is 2.41. The minimum Gasteiger partial charge on any atom is -0.468 e. The summed E-state index contributed by atoms with van der Waals surface area (Å²) >= 11 is 0.